The van der Waals surface area contributed by atoms with Crippen LogP contribution in [0.2, 0.25) is 0 Å². The quantitative estimate of drug-likeness (QED) is 0.661. The minimum atomic E-state index is -3.03. The number of rotatable bonds is 2. The first-order valence-corrected chi connectivity index (χ1v) is 3.43. The van der Waals surface area contributed by atoms with Crippen molar-refractivity contribution in [2.75, 3.05) is 11.9 Å². The molecule has 0 N–H and O–H groups in total. The zero-order valence-electron chi connectivity index (χ0n) is 7.11. The van der Waals surface area contributed by atoms with Gasteiger partial charge in [0.2, 0.25) is 5.95 Å². The van der Waals surface area contributed by atoms with Crippen molar-refractivity contribution in [3.05, 3.63) is 6.33 Å². The fourth-order valence-electron chi connectivity index (χ4n) is 0.826. The van der Waals surface area contributed by atoms with Crippen molar-refractivity contribution >= 4 is 11.9 Å². The second kappa shape index (κ2) is 3.46. The van der Waals surface area contributed by atoms with E-state index >= 15 is 0 Å². The molecule has 0 bridgehead atoms. The third-order valence-corrected chi connectivity index (χ3v) is 1.50. The molecule has 5 nitrogen and oxygen atoms in total. The molecule has 0 saturated carbocycles. The maximum absolute atomic E-state index is 12.0. The lowest BCUT2D eigenvalue weighted by Gasteiger charge is -2.14. The van der Waals surface area contributed by atoms with Crippen LogP contribution in [0.15, 0.2) is 6.33 Å². The number of amides is 1. The van der Waals surface area contributed by atoms with Gasteiger partial charge in [-0.05, 0) is 0 Å². The van der Waals surface area contributed by atoms with Crippen molar-refractivity contribution in [2.24, 2.45) is 7.05 Å². The van der Waals surface area contributed by atoms with Gasteiger partial charge in [-0.2, -0.15) is 8.78 Å². The fourth-order valence-corrected chi connectivity index (χ4v) is 0.826. The Morgan fingerprint density at radius 3 is 2.69 bits per heavy atom. The second-order valence-electron chi connectivity index (χ2n) is 2.44. The summed E-state index contributed by atoms with van der Waals surface area (Å²) in [6.45, 7) is 0. The molecular formula is C6H8F2N4O. The summed E-state index contributed by atoms with van der Waals surface area (Å²) in [6.07, 6.45) is -1.70. The Hall–Kier alpha value is -1.53. The van der Waals surface area contributed by atoms with Gasteiger partial charge in [-0.25, -0.2) is 0 Å². The Bertz CT molecular complexity index is 311. The van der Waals surface area contributed by atoms with Crippen LogP contribution in [-0.4, -0.2) is 34.1 Å². The highest BCUT2D eigenvalue weighted by molar-refractivity contribution is 5.93. The zero-order chi connectivity index (χ0) is 10.0. The molecule has 72 valence electrons. The summed E-state index contributed by atoms with van der Waals surface area (Å²) in [5.74, 6) is -1.21. The van der Waals surface area contributed by atoms with Crippen molar-refractivity contribution < 1.29 is 13.6 Å². The van der Waals surface area contributed by atoms with Gasteiger partial charge in [-0.3, -0.25) is 9.69 Å². The van der Waals surface area contributed by atoms with Crippen molar-refractivity contribution in [3.8, 4) is 0 Å². The second-order valence-corrected chi connectivity index (χ2v) is 2.44. The first-order valence-electron chi connectivity index (χ1n) is 3.43. The number of hydrogen-bond donors (Lipinski definition) is 0. The number of nitrogens with zero attached hydrogens (tertiary/aromatic N) is 4. The van der Waals surface area contributed by atoms with E-state index in [1.807, 2.05) is 0 Å². The summed E-state index contributed by atoms with van der Waals surface area (Å²) in [4.78, 5) is 11.5. The number of halogens is 2. The van der Waals surface area contributed by atoms with Gasteiger partial charge in [-0.1, -0.05) is 0 Å². The topological polar surface area (TPSA) is 51.0 Å². The smallest absolute Gasteiger partial charge is 0.303 e. The van der Waals surface area contributed by atoms with Gasteiger partial charge in [0.25, 0.3) is 5.91 Å². The van der Waals surface area contributed by atoms with Crippen LogP contribution in [0.4, 0.5) is 14.7 Å². The first-order chi connectivity index (χ1) is 6.04. The molecule has 0 aliphatic carbocycles. The van der Waals surface area contributed by atoms with Gasteiger partial charge in [0.05, 0.1) is 0 Å². The lowest BCUT2D eigenvalue weighted by atomic mass is 10.5. The average Bonchev–Trinajstić information content (AvgIpc) is 2.48. The molecular weight excluding hydrogens is 182 g/mol. The minimum absolute atomic E-state index is 0.0882. The Morgan fingerprint density at radius 2 is 2.31 bits per heavy atom. The van der Waals surface area contributed by atoms with Gasteiger partial charge < -0.3 is 4.57 Å². The number of anilines is 1. The summed E-state index contributed by atoms with van der Waals surface area (Å²) in [7, 11) is 2.78. The van der Waals surface area contributed by atoms with E-state index in [2.05, 4.69) is 10.2 Å². The molecule has 0 unspecified atom stereocenters. The molecule has 0 aliphatic heterocycles. The maximum atomic E-state index is 12.0. The van der Waals surface area contributed by atoms with Crippen LogP contribution in [0.1, 0.15) is 0 Å². The summed E-state index contributed by atoms with van der Waals surface area (Å²) >= 11 is 0. The number of carbonyl (C=O) groups is 1. The van der Waals surface area contributed by atoms with E-state index < -0.39 is 12.3 Å². The van der Waals surface area contributed by atoms with Crippen LogP contribution in [0.3, 0.4) is 0 Å². The van der Waals surface area contributed by atoms with Gasteiger partial charge >= 0.3 is 6.43 Å². The van der Waals surface area contributed by atoms with Gasteiger partial charge in [0, 0.05) is 14.1 Å². The van der Waals surface area contributed by atoms with E-state index in [9.17, 15) is 13.6 Å². The van der Waals surface area contributed by atoms with Crippen molar-refractivity contribution in [3.63, 3.8) is 0 Å². The highest BCUT2D eigenvalue weighted by Gasteiger charge is 2.23. The van der Waals surface area contributed by atoms with Crippen LogP contribution in [-0.2, 0) is 11.8 Å². The molecule has 1 rings (SSSR count). The summed E-state index contributed by atoms with van der Waals surface area (Å²) in [6, 6.07) is 0. The highest BCUT2D eigenvalue weighted by atomic mass is 19.3. The third-order valence-electron chi connectivity index (χ3n) is 1.50. The van der Waals surface area contributed by atoms with Gasteiger partial charge in [0.1, 0.15) is 6.33 Å². The third kappa shape index (κ3) is 1.79. The Balaban J connectivity index is 2.85. The summed E-state index contributed by atoms with van der Waals surface area (Å²) in [5, 5.41) is 6.96. The molecule has 0 radical (unpaired) electrons. The van der Waals surface area contributed by atoms with E-state index in [1.54, 1.807) is 7.05 Å². The van der Waals surface area contributed by atoms with Crippen LogP contribution in [0.25, 0.3) is 0 Å². The lowest BCUT2D eigenvalue weighted by Crippen LogP contribution is -2.33. The van der Waals surface area contributed by atoms with Gasteiger partial charge in [0.15, 0.2) is 0 Å². The van der Waals surface area contributed by atoms with Crippen LogP contribution in [0.5, 0.6) is 0 Å². The number of alkyl halides is 2. The largest absolute Gasteiger partial charge is 0.316 e. The normalized spacial score (nSPS) is 10.5. The van der Waals surface area contributed by atoms with Crippen molar-refractivity contribution in [2.45, 2.75) is 6.43 Å². The number of aryl methyl sites for hydroxylation is 1. The molecule has 1 heterocycles. The first kappa shape index (κ1) is 9.56. The maximum Gasteiger partial charge on any atom is 0.316 e. The SMILES string of the molecule is CN(C(=O)C(F)F)c1nncn1C. The molecule has 0 saturated heterocycles. The molecule has 7 heteroatoms. The Morgan fingerprint density at radius 1 is 1.69 bits per heavy atom. The molecule has 0 aromatic carbocycles. The van der Waals surface area contributed by atoms with E-state index in [0.717, 1.165) is 4.90 Å². The highest BCUT2D eigenvalue weighted by Crippen LogP contribution is 2.08. The number of hydrogen-bond acceptors (Lipinski definition) is 3. The summed E-state index contributed by atoms with van der Waals surface area (Å²) in [5.41, 5.74) is 0. The van der Waals surface area contributed by atoms with E-state index in [1.165, 1.54) is 17.9 Å². The van der Waals surface area contributed by atoms with Gasteiger partial charge in [-0.15, -0.1) is 10.2 Å². The van der Waals surface area contributed by atoms with E-state index in [-0.39, 0.29) is 5.95 Å². The predicted molar refractivity (Wildman–Crippen MR) is 40.4 cm³/mol. The molecule has 1 aromatic rings. The minimum Gasteiger partial charge on any atom is -0.303 e. The fraction of sp³-hybridized carbons (Fsp3) is 0.500. The summed E-state index contributed by atoms with van der Waals surface area (Å²) < 4.78 is 25.3. The number of aromatic nitrogens is 3. The Kier molecular flexibility index (Phi) is 2.54. The molecule has 0 spiro atoms. The van der Waals surface area contributed by atoms with Crippen molar-refractivity contribution in [1.82, 2.24) is 14.8 Å². The molecule has 0 atom stereocenters. The average molecular weight is 190 g/mol. The molecule has 13 heavy (non-hydrogen) atoms. The number of carbonyl (C=O) groups excluding carboxylic acids is 1. The molecule has 0 aliphatic rings. The van der Waals surface area contributed by atoms with Crippen LogP contribution >= 0.6 is 0 Å². The van der Waals surface area contributed by atoms with Crippen molar-refractivity contribution in [1.29, 1.82) is 0 Å². The zero-order valence-corrected chi connectivity index (χ0v) is 7.11. The predicted octanol–water partition coefficient (Wildman–Crippen LogP) is 0.0430. The van der Waals surface area contributed by atoms with E-state index in [4.69, 9.17) is 0 Å². The van der Waals surface area contributed by atoms with Crippen LogP contribution < -0.4 is 4.90 Å². The molecule has 0 fully saturated rings. The monoisotopic (exact) mass is 190 g/mol. The standard InChI is InChI=1S/C6H8F2N4O/c1-11-3-9-10-6(11)12(2)5(13)4(7)8/h3-4H,1-2H3. The molecule has 1 aromatic heterocycles. The Labute approximate surface area is 73.0 Å². The van der Waals surface area contributed by atoms with E-state index in [0.29, 0.717) is 0 Å². The lowest BCUT2D eigenvalue weighted by molar-refractivity contribution is -0.128. The van der Waals surface area contributed by atoms with Crippen LogP contribution in [0, 0.1) is 0 Å². The molecule has 1 amide bonds.